The van der Waals surface area contributed by atoms with Crippen LogP contribution in [0.3, 0.4) is 0 Å². The molecular formula is C26H31FN4O6. The number of carbonyl (C=O) groups is 3. The van der Waals surface area contributed by atoms with E-state index >= 15 is 0 Å². The average Bonchev–Trinajstić information content (AvgIpc) is 3.52. The van der Waals surface area contributed by atoms with E-state index in [2.05, 4.69) is 15.5 Å². The fourth-order valence-corrected chi connectivity index (χ4v) is 5.15. The number of fused-ring (bicyclic) bond motifs is 3. The maximum absolute atomic E-state index is 13.9. The molecule has 2 fully saturated rings. The lowest BCUT2D eigenvalue weighted by Gasteiger charge is -2.30. The van der Waals surface area contributed by atoms with Gasteiger partial charge in [-0.2, -0.15) is 0 Å². The molecule has 3 amide bonds. The molecule has 1 aromatic heterocycles. The topological polar surface area (TPSA) is 113 Å². The summed E-state index contributed by atoms with van der Waals surface area (Å²) in [6.45, 7) is 4.02. The smallest absolute Gasteiger partial charge is 0.257 e. The van der Waals surface area contributed by atoms with Crippen molar-refractivity contribution in [2.45, 2.75) is 37.9 Å². The first kappa shape index (κ1) is 25.2. The predicted molar refractivity (Wildman–Crippen MR) is 130 cm³/mol. The van der Waals surface area contributed by atoms with Crippen molar-refractivity contribution in [3.8, 4) is 5.75 Å². The highest BCUT2D eigenvalue weighted by Crippen LogP contribution is 2.29. The third-order valence-corrected chi connectivity index (χ3v) is 7.03. The lowest BCUT2D eigenvalue weighted by Crippen LogP contribution is -2.48. The maximum Gasteiger partial charge on any atom is 0.257 e. The molecule has 0 unspecified atom stereocenters. The van der Waals surface area contributed by atoms with Crippen molar-refractivity contribution in [2.24, 2.45) is 0 Å². The van der Waals surface area contributed by atoms with Crippen LogP contribution >= 0.6 is 0 Å². The molecule has 3 aliphatic rings. The van der Waals surface area contributed by atoms with Crippen LogP contribution in [-0.4, -0.2) is 85.6 Å². The minimum Gasteiger partial charge on any atom is -0.491 e. The van der Waals surface area contributed by atoms with E-state index in [-0.39, 0.29) is 61.3 Å². The molecular weight excluding hydrogens is 483 g/mol. The summed E-state index contributed by atoms with van der Waals surface area (Å²) in [6.07, 6.45) is 2.85. The molecule has 2 bridgehead atoms. The molecule has 2 atom stereocenters. The van der Waals surface area contributed by atoms with Crippen LogP contribution in [0, 0.1) is 5.82 Å². The zero-order valence-corrected chi connectivity index (χ0v) is 20.5. The van der Waals surface area contributed by atoms with Gasteiger partial charge in [0.25, 0.3) is 11.8 Å². The Morgan fingerprint density at radius 3 is 2.70 bits per heavy atom. The van der Waals surface area contributed by atoms with Crippen LogP contribution in [0.2, 0.25) is 0 Å². The van der Waals surface area contributed by atoms with Gasteiger partial charge in [0.2, 0.25) is 5.91 Å². The molecule has 0 radical (unpaired) electrons. The van der Waals surface area contributed by atoms with Crippen molar-refractivity contribution in [3.05, 3.63) is 53.2 Å². The maximum atomic E-state index is 13.9. The van der Waals surface area contributed by atoms with E-state index in [0.717, 1.165) is 19.2 Å². The lowest BCUT2D eigenvalue weighted by atomic mass is 10.1. The number of furan rings is 1. The summed E-state index contributed by atoms with van der Waals surface area (Å²) < 4.78 is 30.6. The van der Waals surface area contributed by atoms with Crippen LogP contribution in [0.1, 0.15) is 45.7 Å². The number of amides is 3. The molecule has 5 rings (SSSR count). The van der Waals surface area contributed by atoms with Gasteiger partial charge in [-0.15, -0.1) is 0 Å². The molecule has 10 nitrogen and oxygen atoms in total. The summed E-state index contributed by atoms with van der Waals surface area (Å²) in [5.74, 6) is -0.556. The zero-order valence-electron chi connectivity index (χ0n) is 20.5. The molecule has 1 aromatic carbocycles. The summed E-state index contributed by atoms with van der Waals surface area (Å²) in [6, 6.07) is 4.84. The Bertz CT molecular complexity index is 1150. The third-order valence-electron chi connectivity index (χ3n) is 7.03. The van der Waals surface area contributed by atoms with E-state index in [1.165, 1.54) is 18.4 Å². The number of morpholine rings is 1. The monoisotopic (exact) mass is 514 g/mol. The molecule has 0 aliphatic carbocycles. The van der Waals surface area contributed by atoms with Gasteiger partial charge in [0.1, 0.15) is 30.2 Å². The van der Waals surface area contributed by atoms with Crippen LogP contribution in [-0.2, 0) is 16.1 Å². The van der Waals surface area contributed by atoms with Crippen LogP contribution in [0.15, 0.2) is 34.9 Å². The van der Waals surface area contributed by atoms with Gasteiger partial charge < -0.3 is 29.4 Å². The van der Waals surface area contributed by atoms with E-state index in [4.69, 9.17) is 13.9 Å². The Hall–Kier alpha value is -3.44. The van der Waals surface area contributed by atoms with Crippen molar-refractivity contribution in [1.29, 1.82) is 0 Å². The Morgan fingerprint density at radius 1 is 1.05 bits per heavy atom. The summed E-state index contributed by atoms with van der Waals surface area (Å²) in [7, 11) is 0. The quantitative estimate of drug-likeness (QED) is 0.639. The molecule has 198 valence electrons. The van der Waals surface area contributed by atoms with Crippen LogP contribution in [0.4, 0.5) is 4.39 Å². The summed E-state index contributed by atoms with van der Waals surface area (Å²) in [4.78, 5) is 43.1. The fraction of sp³-hybridized carbons (Fsp3) is 0.500. The van der Waals surface area contributed by atoms with E-state index in [1.54, 1.807) is 11.0 Å². The van der Waals surface area contributed by atoms with Gasteiger partial charge in [-0.25, -0.2) is 4.39 Å². The normalized spacial score (nSPS) is 23.4. The summed E-state index contributed by atoms with van der Waals surface area (Å²) >= 11 is 0. The van der Waals surface area contributed by atoms with Crippen molar-refractivity contribution in [2.75, 3.05) is 46.0 Å². The number of halogens is 1. The van der Waals surface area contributed by atoms with Gasteiger partial charge in [0.05, 0.1) is 37.4 Å². The first-order chi connectivity index (χ1) is 18.0. The first-order valence-corrected chi connectivity index (χ1v) is 12.7. The number of nitrogens with zero attached hydrogens (tertiary/aromatic N) is 2. The number of nitrogens with one attached hydrogen (secondary N) is 2. The SMILES string of the molecule is O=C1C[C@@H]2CC[C@H](CNC(=O)c3cc(F)ccc3OCCN1)N2C(=O)c1coc(CN2CCOCC2)c1. The molecule has 37 heavy (non-hydrogen) atoms. The van der Waals surface area contributed by atoms with Gasteiger partial charge in [0.15, 0.2) is 0 Å². The number of hydrogen-bond donors (Lipinski definition) is 2. The largest absolute Gasteiger partial charge is 0.491 e. The predicted octanol–water partition coefficient (Wildman–Crippen LogP) is 1.55. The van der Waals surface area contributed by atoms with Crippen molar-refractivity contribution in [3.63, 3.8) is 0 Å². The van der Waals surface area contributed by atoms with Crippen molar-refractivity contribution in [1.82, 2.24) is 20.4 Å². The number of carbonyl (C=O) groups excluding carboxylic acids is 3. The standard InChI is InChI=1S/C26H31FN4O6/c27-18-1-4-23-22(12-18)25(33)29-14-20-3-2-19(13-24(32)28-5-8-36-23)31(20)26(34)17-11-21(37-16-17)15-30-6-9-35-10-7-30/h1,4,11-12,16,19-20H,2-3,5-10,13-15H2,(H,28,32)(H,29,33)/t19-,20+/m0/s1. The highest BCUT2D eigenvalue weighted by Gasteiger charge is 2.39. The average molecular weight is 515 g/mol. The first-order valence-electron chi connectivity index (χ1n) is 12.7. The van der Waals surface area contributed by atoms with Gasteiger partial charge in [-0.1, -0.05) is 0 Å². The van der Waals surface area contributed by atoms with Crippen LogP contribution < -0.4 is 15.4 Å². The molecule has 3 aliphatic heterocycles. The highest BCUT2D eigenvalue weighted by molar-refractivity contribution is 5.97. The van der Waals surface area contributed by atoms with Crippen LogP contribution in [0.5, 0.6) is 5.75 Å². The molecule has 2 N–H and O–H groups in total. The Kier molecular flexibility index (Phi) is 7.71. The van der Waals surface area contributed by atoms with E-state index < -0.39 is 11.7 Å². The van der Waals surface area contributed by atoms with Gasteiger partial charge >= 0.3 is 0 Å². The van der Waals surface area contributed by atoms with Gasteiger partial charge in [0, 0.05) is 38.1 Å². The molecule has 2 saturated heterocycles. The highest BCUT2D eigenvalue weighted by atomic mass is 19.1. The minimum atomic E-state index is -0.558. The summed E-state index contributed by atoms with van der Waals surface area (Å²) in [5.41, 5.74) is 0.479. The fourth-order valence-electron chi connectivity index (χ4n) is 5.15. The van der Waals surface area contributed by atoms with Gasteiger partial charge in [-0.3, -0.25) is 19.3 Å². The lowest BCUT2D eigenvalue weighted by molar-refractivity contribution is -0.122. The van der Waals surface area contributed by atoms with Crippen LogP contribution in [0.25, 0.3) is 0 Å². The Morgan fingerprint density at radius 2 is 1.86 bits per heavy atom. The number of hydrogen-bond acceptors (Lipinski definition) is 7. The molecule has 2 aromatic rings. The van der Waals surface area contributed by atoms with E-state index in [9.17, 15) is 18.8 Å². The zero-order chi connectivity index (χ0) is 25.8. The van der Waals surface area contributed by atoms with Gasteiger partial charge in [-0.05, 0) is 37.1 Å². The number of benzene rings is 1. The second-order valence-electron chi connectivity index (χ2n) is 9.54. The molecule has 11 heteroatoms. The molecule has 0 saturated carbocycles. The number of rotatable bonds is 3. The second-order valence-corrected chi connectivity index (χ2v) is 9.54. The van der Waals surface area contributed by atoms with E-state index in [0.29, 0.717) is 43.9 Å². The molecule has 0 spiro atoms. The minimum absolute atomic E-state index is 0.0680. The Balaban J connectivity index is 1.35. The number of ether oxygens (including phenoxy) is 2. The van der Waals surface area contributed by atoms with Crippen molar-refractivity contribution < 1.29 is 32.7 Å². The van der Waals surface area contributed by atoms with E-state index in [1.807, 2.05) is 0 Å². The second kappa shape index (κ2) is 11.3. The summed E-state index contributed by atoms with van der Waals surface area (Å²) in [5, 5.41) is 5.64. The molecule has 4 heterocycles. The van der Waals surface area contributed by atoms with Crippen molar-refractivity contribution >= 4 is 17.7 Å². The third kappa shape index (κ3) is 5.94. The Labute approximate surface area is 214 Å².